The lowest BCUT2D eigenvalue weighted by Crippen LogP contribution is -1.98. The van der Waals surface area contributed by atoms with E-state index in [-0.39, 0.29) is 0 Å². The van der Waals surface area contributed by atoms with Gasteiger partial charge in [-0.1, -0.05) is 12.1 Å². The number of aldehydes is 1. The van der Waals surface area contributed by atoms with E-state index in [9.17, 15) is 4.79 Å². The lowest BCUT2D eigenvalue weighted by atomic mass is 10.2. The highest BCUT2D eigenvalue weighted by Gasteiger charge is 2.09. The monoisotopic (exact) mass is 398 g/mol. The molecule has 0 saturated carbocycles. The Bertz CT molecular complexity index is 603. The molecule has 104 valence electrons. The molecule has 0 amide bonds. The van der Waals surface area contributed by atoms with Crippen molar-refractivity contribution in [1.29, 1.82) is 0 Å². The fourth-order valence-corrected chi connectivity index (χ4v) is 3.15. The van der Waals surface area contributed by atoms with Gasteiger partial charge in [0.15, 0.2) is 0 Å². The lowest BCUT2D eigenvalue weighted by Gasteiger charge is -2.11. The average Bonchev–Trinajstić information content (AvgIpc) is 2.46. The molecule has 2 rings (SSSR count). The molecule has 0 fully saturated rings. The molecule has 0 N–H and O–H groups in total. The molecule has 0 aliphatic rings. The SMILES string of the molecule is COc1cccc(COc2c(Br)cc(C=O)cc2Br)c1. The van der Waals surface area contributed by atoms with Crippen LogP contribution in [0, 0.1) is 0 Å². The van der Waals surface area contributed by atoms with Gasteiger partial charge in [-0.25, -0.2) is 0 Å². The Morgan fingerprint density at radius 3 is 2.45 bits per heavy atom. The van der Waals surface area contributed by atoms with Gasteiger partial charge in [0.05, 0.1) is 16.1 Å². The number of ether oxygens (including phenoxy) is 2. The van der Waals surface area contributed by atoms with Crippen molar-refractivity contribution in [3.8, 4) is 11.5 Å². The third-order valence-electron chi connectivity index (χ3n) is 2.67. The zero-order valence-electron chi connectivity index (χ0n) is 10.7. The van der Waals surface area contributed by atoms with Crippen LogP contribution in [0.5, 0.6) is 11.5 Å². The van der Waals surface area contributed by atoms with E-state index in [1.807, 2.05) is 24.3 Å². The Morgan fingerprint density at radius 2 is 1.85 bits per heavy atom. The van der Waals surface area contributed by atoms with E-state index in [1.54, 1.807) is 19.2 Å². The molecular weight excluding hydrogens is 388 g/mol. The Hall–Kier alpha value is -1.33. The van der Waals surface area contributed by atoms with E-state index in [4.69, 9.17) is 9.47 Å². The predicted octanol–water partition coefficient (Wildman–Crippen LogP) is 4.61. The maximum atomic E-state index is 10.8. The first-order valence-electron chi connectivity index (χ1n) is 5.84. The Balaban J connectivity index is 2.16. The van der Waals surface area contributed by atoms with Gasteiger partial charge in [0, 0.05) is 5.56 Å². The summed E-state index contributed by atoms with van der Waals surface area (Å²) in [6.07, 6.45) is 0.793. The van der Waals surface area contributed by atoms with Crippen LogP contribution in [0.4, 0.5) is 0 Å². The van der Waals surface area contributed by atoms with Gasteiger partial charge in [-0.2, -0.15) is 0 Å². The van der Waals surface area contributed by atoms with Gasteiger partial charge in [-0.15, -0.1) is 0 Å². The van der Waals surface area contributed by atoms with Crippen LogP contribution in [0.3, 0.4) is 0 Å². The van der Waals surface area contributed by atoms with Crippen molar-refractivity contribution in [1.82, 2.24) is 0 Å². The summed E-state index contributed by atoms with van der Waals surface area (Å²) in [6.45, 7) is 0.412. The number of hydrogen-bond donors (Lipinski definition) is 0. The summed E-state index contributed by atoms with van der Waals surface area (Å²) in [5, 5.41) is 0. The third kappa shape index (κ3) is 3.61. The van der Waals surface area contributed by atoms with Crippen LogP contribution >= 0.6 is 31.9 Å². The average molecular weight is 400 g/mol. The zero-order valence-corrected chi connectivity index (χ0v) is 13.9. The first-order valence-corrected chi connectivity index (χ1v) is 7.42. The number of carbonyl (C=O) groups excluding carboxylic acids is 1. The van der Waals surface area contributed by atoms with E-state index >= 15 is 0 Å². The summed E-state index contributed by atoms with van der Waals surface area (Å²) in [7, 11) is 1.63. The van der Waals surface area contributed by atoms with Crippen LogP contribution in [0.1, 0.15) is 15.9 Å². The number of halogens is 2. The molecule has 0 aromatic heterocycles. The largest absolute Gasteiger partial charge is 0.497 e. The first kappa shape index (κ1) is 15.1. The molecule has 3 nitrogen and oxygen atoms in total. The molecule has 5 heteroatoms. The van der Waals surface area contributed by atoms with Gasteiger partial charge >= 0.3 is 0 Å². The second kappa shape index (κ2) is 6.90. The molecule has 0 unspecified atom stereocenters. The maximum Gasteiger partial charge on any atom is 0.150 e. The summed E-state index contributed by atoms with van der Waals surface area (Å²) < 4.78 is 12.4. The predicted molar refractivity (Wildman–Crippen MR) is 84.6 cm³/mol. The van der Waals surface area contributed by atoms with Gasteiger partial charge in [0.1, 0.15) is 24.4 Å². The van der Waals surface area contributed by atoms with Crippen molar-refractivity contribution < 1.29 is 14.3 Å². The molecule has 0 saturated heterocycles. The van der Waals surface area contributed by atoms with Crippen LogP contribution < -0.4 is 9.47 Å². The molecule has 2 aromatic rings. The molecule has 0 atom stereocenters. The number of methoxy groups -OCH3 is 1. The number of carbonyl (C=O) groups is 1. The van der Waals surface area contributed by atoms with Crippen LogP contribution in [-0.4, -0.2) is 13.4 Å². The molecule has 2 aromatic carbocycles. The summed E-state index contributed by atoms with van der Waals surface area (Å²) in [5.74, 6) is 1.46. The van der Waals surface area contributed by atoms with Gasteiger partial charge < -0.3 is 9.47 Å². The van der Waals surface area contributed by atoms with Crippen LogP contribution in [-0.2, 0) is 6.61 Å². The minimum atomic E-state index is 0.412. The molecule has 0 aliphatic carbocycles. The molecule has 20 heavy (non-hydrogen) atoms. The first-order chi connectivity index (χ1) is 9.63. The zero-order chi connectivity index (χ0) is 14.5. The Labute approximate surface area is 134 Å². The lowest BCUT2D eigenvalue weighted by molar-refractivity contribution is 0.112. The number of rotatable bonds is 5. The Kier molecular flexibility index (Phi) is 5.20. The summed E-state index contributed by atoms with van der Waals surface area (Å²) in [6, 6.07) is 11.1. The highest BCUT2D eigenvalue weighted by Crippen LogP contribution is 2.35. The van der Waals surface area contributed by atoms with Crippen molar-refractivity contribution in [2.75, 3.05) is 7.11 Å². The number of hydrogen-bond acceptors (Lipinski definition) is 3. The van der Waals surface area contributed by atoms with Crippen LogP contribution in [0.25, 0.3) is 0 Å². The van der Waals surface area contributed by atoms with Crippen molar-refractivity contribution in [2.24, 2.45) is 0 Å². The highest BCUT2D eigenvalue weighted by atomic mass is 79.9. The van der Waals surface area contributed by atoms with E-state index in [0.29, 0.717) is 17.9 Å². The third-order valence-corrected chi connectivity index (χ3v) is 3.85. The van der Waals surface area contributed by atoms with Crippen molar-refractivity contribution >= 4 is 38.1 Å². The molecule has 0 spiro atoms. The quantitative estimate of drug-likeness (QED) is 0.688. The van der Waals surface area contributed by atoms with Crippen LogP contribution in [0.15, 0.2) is 45.3 Å². The Morgan fingerprint density at radius 1 is 1.15 bits per heavy atom. The standard InChI is InChI=1S/C15H12Br2O3/c1-19-12-4-2-3-10(5-12)9-20-15-13(16)6-11(8-18)7-14(15)17/h2-8H,9H2,1H3. The molecule has 0 heterocycles. The molecule has 0 radical (unpaired) electrons. The van der Waals surface area contributed by atoms with Gasteiger partial charge in [-0.3, -0.25) is 4.79 Å². The van der Waals surface area contributed by atoms with Crippen LogP contribution in [0.2, 0.25) is 0 Å². The smallest absolute Gasteiger partial charge is 0.150 e. The summed E-state index contributed by atoms with van der Waals surface area (Å²) >= 11 is 6.80. The van der Waals surface area contributed by atoms with Crippen molar-refractivity contribution in [3.63, 3.8) is 0 Å². The maximum absolute atomic E-state index is 10.8. The van der Waals surface area contributed by atoms with E-state index in [2.05, 4.69) is 31.9 Å². The highest BCUT2D eigenvalue weighted by molar-refractivity contribution is 9.11. The minimum absolute atomic E-state index is 0.412. The second-order valence-corrected chi connectivity index (χ2v) is 5.78. The molecule has 0 bridgehead atoms. The molecular formula is C15H12Br2O3. The summed E-state index contributed by atoms with van der Waals surface area (Å²) in [4.78, 5) is 10.8. The van der Waals surface area contributed by atoms with Gasteiger partial charge in [0.2, 0.25) is 0 Å². The van der Waals surface area contributed by atoms with E-state index < -0.39 is 0 Å². The molecule has 0 aliphatic heterocycles. The van der Waals surface area contributed by atoms with Crippen molar-refractivity contribution in [2.45, 2.75) is 6.61 Å². The normalized spacial score (nSPS) is 10.2. The van der Waals surface area contributed by atoms with Gasteiger partial charge in [0.25, 0.3) is 0 Å². The van der Waals surface area contributed by atoms with E-state index in [1.165, 1.54) is 0 Å². The second-order valence-electron chi connectivity index (χ2n) is 4.07. The number of benzene rings is 2. The van der Waals surface area contributed by atoms with Gasteiger partial charge in [-0.05, 0) is 61.7 Å². The summed E-state index contributed by atoms with van der Waals surface area (Å²) in [5.41, 5.74) is 1.58. The topological polar surface area (TPSA) is 35.5 Å². The fraction of sp³-hybridized carbons (Fsp3) is 0.133. The van der Waals surface area contributed by atoms with E-state index in [0.717, 1.165) is 26.5 Å². The minimum Gasteiger partial charge on any atom is -0.497 e. The fourth-order valence-electron chi connectivity index (χ4n) is 1.70. The van der Waals surface area contributed by atoms with Crippen molar-refractivity contribution in [3.05, 3.63) is 56.5 Å².